The first-order valence-corrected chi connectivity index (χ1v) is 6.67. The van der Waals surface area contributed by atoms with Crippen LogP contribution in [0.3, 0.4) is 0 Å². The van der Waals surface area contributed by atoms with Crippen LogP contribution >= 0.6 is 11.8 Å². The molecular formula is C15H13BS. The van der Waals surface area contributed by atoms with Crippen LogP contribution in [0.15, 0.2) is 58.2 Å². The summed E-state index contributed by atoms with van der Waals surface area (Å²) in [4.78, 5) is 2.64. The van der Waals surface area contributed by atoms with Crippen LogP contribution in [0.1, 0.15) is 11.1 Å². The molecule has 0 aromatic heterocycles. The Morgan fingerprint density at radius 1 is 0.941 bits per heavy atom. The highest BCUT2D eigenvalue weighted by atomic mass is 32.2. The van der Waals surface area contributed by atoms with Crippen molar-refractivity contribution in [1.82, 2.24) is 0 Å². The number of benzene rings is 2. The van der Waals surface area contributed by atoms with E-state index in [1.807, 2.05) is 11.8 Å². The van der Waals surface area contributed by atoms with Gasteiger partial charge < -0.3 is 0 Å². The van der Waals surface area contributed by atoms with Gasteiger partial charge in [0.15, 0.2) is 7.28 Å². The Hall–Kier alpha value is -1.41. The summed E-state index contributed by atoms with van der Waals surface area (Å²) in [6, 6.07) is 15.4. The Balaban J connectivity index is 1.84. The summed E-state index contributed by atoms with van der Waals surface area (Å²) in [6.45, 7) is 2.12. The lowest BCUT2D eigenvalue weighted by Crippen LogP contribution is -2.10. The number of fused-ring (bicyclic) bond motifs is 1. The third kappa shape index (κ3) is 2.32. The monoisotopic (exact) mass is 236 g/mol. The third-order valence-corrected chi connectivity index (χ3v) is 4.00. The van der Waals surface area contributed by atoms with E-state index in [0.29, 0.717) is 0 Å². The summed E-state index contributed by atoms with van der Waals surface area (Å²) < 4.78 is 0. The molecule has 1 aliphatic rings. The van der Waals surface area contributed by atoms with E-state index in [2.05, 4.69) is 61.4 Å². The first-order valence-electron chi connectivity index (χ1n) is 5.85. The van der Waals surface area contributed by atoms with Gasteiger partial charge in [-0.05, 0) is 30.7 Å². The van der Waals surface area contributed by atoms with E-state index in [-0.39, 0.29) is 0 Å². The molecule has 0 spiro atoms. The zero-order chi connectivity index (χ0) is 11.7. The molecule has 0 amide bonds. The second-order valence-corrected chi connectivity index (χ2v) is 5.53. The normalized spacial score (nSPS) is 12.3. The number of hydrogen-bond donors (Lipinski definition) is 0. The largest absolute Gasteiger partial charge is 0.183 e. The molecule has 0 aliphatic carbocycles. The quantitative estimate of drug-likeness (QED) is 0.721. The van der Waals surface area contributed by atoms with E-state index in [9.17, 15) is 0 Å². The van der Waals surface area contributed by atoms with Gasteiger partial charge in [-0.15, -0.1) is 5.98 Å². The zero-order valence-electron chi connectivity index (χ0n) is 9.81. The fourth-order valence-electron chi connectivity index (χ4n) is 2.04. The van der Waals surface area contributed by atoms with E-state index >= 15 is 0 Å². The summed E-state index contributed by atoms with van der Waals surface area (Å²) >= 11 is 1.83. The highest BCUT2D eigenvalue weighted by molar-refractivity contribution is 7.99. The van der Waals surface area contributed by atoms with Crippen molar-refractivity contribution in [3.8, 4) is 0 Å². The van der Waals surface area contributed by atoms with Gasteiger partial charge in [0.2, 0.25) is 0 Å². The predicted octanol–water partition coefficient (Wildman–Crippen LogP) is 3.19. The van der Waals surface area contributed by atoms with Crippen molar-refractivity contribution < 1.29 is 0 Å². The van der Waals surface area contributed by atoms with E-state index in [1.54, 1.807) is 0 Å². The Morgan fingerprint density at radius 3 is 2.53 bits per heavy atom. The van der Waals surface area contributed by atoms with Gasteiger partial charge in [-0.3, -0.25) is 0 Å². The van der Waals surface area contributed by atoms with Gasteiger partial charge in [0, 0.05) is 9.79 Å². The van der Waals surface area contributed by atoms with E-state index in [1.165, 1.54) is 26.4 Å². The van der Waals surface area contributed by atoms with Crippen molar-refractivity contribution >= 4 is 30.6 Å². The highest BCUT2D eigenvalue weighted by Crippen LogP contribution is 2.27. The Kier molecular flexibility index (Phi) is 2.81. The minimum Gasteiger partial charge on any atom is -0.113 e. The average Bonchev–Trinajstić information content (AvgIpc) is 2.79. The predicted molar refractivity (Wildman–Crippen MR) is 77.6 cm³/mol. The van der Waals surface area contributed by atoms with Gasteiger partial charge in [-0.2, -0.15) is 0 Å². The van der Waals surface area contributed by atoms with Gasteiger partial charge >= 0.3 is 0 Å². The molecule has 17 heavy (non-hydrogen) atoms. The van der Waals surface area contributed by atoms with E-state index in [0.717, 1.165) is 7.28 Å². The molecule has 0 saturated carbocycles. The smallest absolute Gasteiger partial charge is 0.113 e. The number of rotatable bonds is 2. The van der Waals surface area contributed by atoms with Crippen molar-refractivity contribution in [2.45, 2.75) is 16.7 Å². The summed E-state index contributed by atoms with van der Waals surface area (Å²) in [5, 5.41) is 0. The van der Waals surface area contributed by atoms with Gasteiger partial charge in [0.25, 0.3) is 0 Å². The van der Waals surface area contributed by atoms with Crippen LogP contribution in [0, 0.1) is 6.92 Å². The lowest BCUT2D eigenvalue weighted by Gasteiger charge is -2.05. The van der Waals surface area contributed by atoms with Crippen LogP contribution in [-0.4, -0.2) is 7.28 Å². The van der Waals surface area contributed by atoms with Crippen LogP contribution in [0.25, 0.3) is 6.08 Å². The van der Waals surface area contributed by atoms with Crippen molar-refractivity contribution in [2.24, 2.45) is 0 Å². The number of hydrogen-bond acceptors (Lipinski definition) is 1. The lowest BCUT2D eigenvalue weighted by atomic mass is 9.73. The summed E-state index contributed by atoms with van der Waals surface area (Å²) in [5.74, 6) is 2.23. The maximum atomic E-state index is 2.31. The molecule has 2 heteroatoms. The average molecular weight is 236 g/mol. The topological polar surface area (TPSA) is 0 Å². The molecule has 3 rings (SSSR count). The fourth-order valence-corrected chi connectivity index (χ4v) is 2.92. The molecule has 0 unspecified atom stereocenters. The van der Waals surface area contributed by atoms with Crippen LogP contribution in [0.5, 0.6) is 0 Å². The Bertz CT molecular complexity index is 570. The van der Waals surface area contributed by atoms with Gasteiger partial charge in [0.1, 0.15) is 0 Å². The molecule has 1 aliphatic heterocycles. The van der Waals surface area contributed by atoms with Crippen molar-refractivity contribution in [3.63, 3.8) is 0 Å². The summed E-state index contributed by atoms with van der Waals surface area (Å²) in [5.41, 5.74) is 4.13. The minimum absolute atomic E-state index is 1.08. The highest BCUT2D eigenvalue weighted by Gasteiger charge is 2.07. The van der Waals surface area contributed by atoms with Gasteiger partial charge in [-0.25, -0.2) is 0 Å². The molecule has 0 saturated heterocycles. The molecule has 2 aromatic rings. The Morgan fingerprint density at radius 2 is 1.71 bits per heavy atom. The molecule has 1 heterocycles. The molecule has 0 bridgehead atoms. The van der Waals surface area contributed by atoms with Crippen LogP contribution < -0.4 is 5.46 Å². The molecule has 2 aromatic carbocycles. The summed E-state index contributed by atoms with van der Waals surface area (Å²) in [7, 11) is 1.08. The second-order valence-electron chi connectivity index (χ2n) is 4.38. The molecule has 0 fully saturated rings. The van der Waals surface area contributed by atoms with Crippen molar-refractivity contribution in [1.29, 1.82) is 0 Å². The maximum Gasteiger partial charge on any atom is 0.183 e. The van der Waals surface area contributed by atoms with E-state index < -0.39 is 0 Å². The zero-order valence-corrected chi connectivity index (χ0v) is 10.6. The molecule has 0 radical (unpaired) electrons. The first-order chi connectivity index (χ1) is 8.31. The number of aryl methyl sites for hydroxylation is 1. The molecule has 82 valence electrons. The summed E-state index contributed by atoms with van der Waals surface area (Å²) in [6.07, 6.45) is 2.20. The molecule has 0 atom stereocenters. The van der Waals surface area contributed by atoms with E-state index in [4.69, 9.17) is 0 Å². The lowest BCUT2D eigenvalue weighted by molar-refractivity contribution is 1.36. The standard InChI is InChI=1S/C15H13BS/c1-11-2-5-13(6-3-11)17-14-7-4-12-8-9-16-15(12)10-14/h2-10,16H,1H3. The Labute approximate surface area is 107 Å². The van der Waals surface area contributed by atoms with Crippen LogP contribution in [0.2, 0.25) is 0 Å². The molecular weight excluding hydrogens is 223 g/mol. The third-order valence-electron chi connectivity index (χ3n) is 3.01. The minimum atomic E-state index is 1.08. The SMILES string of the molecule is Cc1ccc(Sc2ccc3c(c2)BC=C3)cc1. The van der Waals surface area contributed by atoms with Gasteiger partial charge in [-0.1, -0.05) is 53.1 Å². The fraction of sp³-hybridized carbons (Fsp3) is 0.0667. The first kappa shape index (κ1) is 10.7. The molecule has 0 N–H and O–H groups in total. The van der Waals surface area contributed by atoms with Crippen LogP contribution in [0.4, 0.5) is 0 Å². The molecule has 0 nitrogen and oxygen atoms in total. The van der Waals surface area contributed by atoms with Crippen LogP contribution in [-0.2, 0) is 0 Å². The van der Waals surface area contributed by atoms with Gasteiger partial charge in [0.05, 0.1) is 0 Å². The second kappa shape index (κ2) is 4.46. The maximum absolute atomic E-state index is 2.31. The van der Waals surface area contributed by atoms with Crippen molar-refractivity contribution in [3.05, 3.63) is 59.6 Å². The van der Waals surface area contributed by atoms with Crippen molar-refractivity contribution in [2.75, 3.05) is 0 Å².